The number of anilines is 2. The van der Waals surface area contributed by atoms with Crippen molar-refractivity contribution in [2.45, 2.75) is 25.9 Å². The smallest absolute Gasteiger partial charge is 0.227 e. The van der Waals surface area contributed by atoms with Crippen LogP contribution in [0, 0.1) is 0 Å². The Balaban J connectivity index is 1.87. The summed E-state index contributed by atoms with van der Waals surface area (Å²) >= 11 is 0. The Kier molecular flexibility index (Phi) is 4.31. The molecule has 0 aliphatic carbocycles. The molecule has 0 aliphatic heterocycles. The Labute approximate surface area is 141 Å². The van der Waals surface area contributed by atoms with Crippen LogP contribution in [0.1, 0.15) is 19.7 Å². The number of hydrogen-bond acceptors (Lipinski definition) is 5. The van der Waals surface area contributed by atoms with Gasteiger partial charge in [0.1, 0.15) is 5.82 Å². The van der Waals surface area contributed by atoms with Crippen molar-refractivity contribution in [1.29, 1.82) is 0 Å². The second-order valence-corrected chi connectivity index (χ2v) is 6.36. The molecule has 0 amide bonds. The van der Waals surface area contributed by atoms with Crippen molar-refractivity contribution in [3.63, 3.8) is 0 Å². The fourth-order valence-electron chi connectivity index (χ4n) is 2.45. The summed E-state index contributed by atoms with van der Waals surface area (Å²) < 4.78 is 1.95. The van der Waals surface area contributed by atoms with E-state index >= 15 is 0 Å². The number of nitrogens with zero attached hydrogens (tertiary/aromatic N) is 4. The monoisotopic (exact) mass is 323 g/mol. The third-order valence-corrected chi connectivity index (χ3v) is 3.62. The van der Waals surface area contributed by atoms with E-state index in [4.69, 9.17) is 0 Å². The number of aliphatic hydroxyl groups is 1. The summed E-state index contributed by atoms with van der Waals surface area (Å²) in [4.78, 5) is 13.2. The largest absolute Gasteiger partial charge is 0.390 e. The summed E-state index contributed by atoms with van der Waals surface area (Å²) in [6.07, 6.45) is 3.97. The van der Waals surface area contributed by atoms with Gasteiger partial charge in [-0.05, 0) is 32.0 Å². The number of aromatic nitrogens is 4. The SMILES string of the molecule is Cn1c(-c2ccnc(Nc3ccccc3)n2)cnc1CC(C)(C)O. The molecule has 0 fully saturated rings. The maximum atomic E-state index is 9.99. The van der Waals surface area contributed by atoms with Crippen molar-refractivity contribution < 1.29 is 5.11 Å². The zero-order valence-electron chi connectivity index (χ0n) is 14.1. The highest BCUT2D eigenvalue weighted by Gasteiger charge is 2.19. The zero-order valence-corrected chi connectivity index (χ0v) is 14.1. The fraction of sp³-hybridized carbons (Fsp3) is 0.278. The quantitative estimate of drug-likeness (QED) is 0.755. The number of nitrogens with one attached hydrogen (secondary N) is 1. The molecule has 1 aromatic carbocycles. The van der Waals surface area contributed by atoms with Crippen molar-refractivity contribution in [3.8, 4) is 11.4 Å². The predicted molar refractivity (Wildman–Crippen MR) is 94.0 cm³/mol. The Morgan fingerprint density at radius 2 is 1.88 bits per heavy atom. The van der Waals surface area contributed by atoms with E-state index in [9.17, 15) is 5.11 Å². The Morgan fingerprint density at radius 3 is 2.58 bits per heavy atom. The molecule has 3 rings (SSSR count). The molecule has 0 radical (unpaired) electrons. The van der Waals surface area contributed by atoms with E-state index < -0.39 is 5.60 Å². The Bertz CT molecular complexity index is 821. The topological polar surface area (TPSA) is 75.9 Å². The lowest BCUT2D eigenvalue weighted by Crippen LogP contribution is -2.24. The van der Waals surface area contributed by atoms with Gasteiger partial charge in [-0.1, -0.05) is 18.2 Å². The summed E-state index contributed by atoms with van der Waals surface area (Å²) in [5.74, 6) is 1.35. The first-order valence-corrected chi connectivity index (χ1v) is 7.81. The lowest BCUT2D eigenvalue weighted by atomic mass is 10.1. The molecule has 24 heavy (non-hydrogen) atoms. The second-order valence-electron chi connectivity index (χ2n) is 6.36. The van der Waals surface area contributed by atoms with Crippen LogP contribution in [0.25, 0.3) is 11.4 Å². The van der Waals surface area contributed by atoms with E-state index in [0.717, 1.165) is 22.9 Å². The predicted octanol–water partition coefficient (Wildman–Crippen LogP) is 2.93. The maximum absolute atomic E-state index is 9.99. The molecule has 0 spiro atoms. The molecular formula is C18H21N5O. The number of para-hydroxylation sites is 1. The summed E-state index contributed by atoms with van der Waals surface area (Å²) in [6.45, 7) is 3.54. The van der Waals surface area contributed by atoms with E-state index in [2.05, 4.69) is 20.3 Å². The highest BCUT2D eigenvalue weighted by Crippen LogP contribution is 2.21. The van der Waals surface area contributed by atoms with Gasteiger partial charge < -0.3 is 15.0 Å². The molecule has 2 aromatic heterocycles. The van der Waals surface area contributed by atoms with E-state index in [-0.39, 0.29) is 0 Å². The first-order chi connectivity index (χ1) is 11.4. The lowest BCUT2D eigenvalue weighted by molar-refractivity contribution is 0.0781. The van der Waals surface area contributed by atoms with E-state index in [1.165, 1.54) is 0 Å². The van der Waals surface area contributed by atoms with Gasteiger partial charge in [-0.2, -0.15) is 0 Å². The van der Waals surface area contributed by atoms with Crippen LogP contribution >= 0.6 is 0 Å². The van der Waals surface area contributed by atoms with Crippen molar-refractivity contribution in [3.05, 3.63) is 54.6 Å². The second kappa shape index (κ2) is 6.41. The minimum absolute atomic E-state index is 0.476. The Morgan fingerprint density at radius 1 is 1.12 bits per heavy atom. The van der Waals surface area contributed by atoms with Crippen LogP contribution in [0.4, 0.5) is 11.6 Å². The summed E-state index contributed by atoms with van der Waals surface area (Å²) in [6, 6.07) is 11.6. The van der Waals surface area contributed by atoms with Gasteiger partial charge in [0.15, 0.2) is 0 Å². The van der Waals surface area contributed by atoms with Gasteiger partial charge in [0.2, 0.25) is 5.95 Å². The van der Waals surface area contributed by atoms with Gasteiger partial charge in [-0.15, -0.1) is 0 Å². The molecule has 6 nitrogen and oxygen atoms in total. The number of hydrogen-bond donors (Lipinski definition) is 2. The van der Waals surface area contributed by atoms with Crippen LogP contribution in [-0.4, -0.2) is 30.2 Å². The van der Waals surface area contributed by atoms with Crippen LogP contribution in [0.5, 0.6) is 0 Å². The minimum atomic E-state index is -0.803. The third-order valence-electron chi connectivity index (χ3n) is 3.62. The Hall–Kier alpha value is -2.73. The summed E-state index contributed by atoms with van der Waals surface area (Å²) in [7, 11) is 1.93. The molecule has 2 N–H and O–H groups in total. The first kappa shape index (κ1) is 16.1. The van der Waals surface area contributed by atoms with Crippen molar-refractivity contribution in [1.82, 2.24) is 19.5 Å². The van der Waals surface area contributed by atoms with Crippen LogP contribution < -0.4 is 5.32 Å². The molecule has 3 aromatic rings. The van der Waals surface area contributed by atoms with Crippen molar-refractivity contribution >= 4 is 11.6 Å². The van der Waals surface area contributed by atoms with Gasteiger partial charge in [0, 0.05) is 25.4 Å². The average Bonchev–Trinajstić information content (AvgIpc) is 2.88. The summed E-state index contributed by atoms with van der Waals surface area (Å²) in [5, 5.41) is 13.2. The molecule has 0 saturated heterocycles. The molecule has 0 atom stereocenters. The average molecular weight is 323 g/mol. The minimum Gasteiger partial charge on any atom is -0.390 e. The van der Waals surface area contributed by atoms with Gasteiger partial charge in [-0.25, -0.2) is 15.0 Å². The number of benzene rings is 1. The number of imidazole rings is 1. The van der Waals surface area contributed by atoms with E-state index in [1.807, 2.05) is 48.0 Å². The van der Waals surface area contributed by atoms with Gasteiger partial charge >= 0.3 is 0 Å². The van der Waals surface area contributed by atoms with Crippen LogP contribution in [0.2, 0.25) is 0 Å². The van der Waals surface area contributed by atoms with Gasteiger partial charge in [0.05, 0.1) is 23.2 Å². The van der Waals surface area contributed by atoms with Gasteiger partial charge in [0.25, 0.3) is 0 Å². The molecule has 0 aliphatic rings. The fourth-order valence-corrected chi connectivity index (χ4v) is 2.45. The third kappa shape index (κ3) is 3.78. The van der Waals surface area contributed by atoms with Crippen LogP contribution in [0.15, 0.2) is 48.8 Å². The van der Waals surface area contributed by atoms with E-state index in [0.29, 0.717) is 12.4 Å². The first-order valence-electron chi connectivity index (χ1n) is 7.81. The molecule has 0 unspecified atom stereocenters. The highest BCUT2D eigenvalue weighted by atomic mass is 16.3. The van der Waals surface area contributed by atoms with E-state index in [1.54, 1.807) is 26.2 Å². The van der Waals surface area contributed by atoms with Gasteiger partial charge in [-0.3, -0.25) is 0 Å². The highest BCUT2D eigenvalue weighted by molar-refractivity contribution is 5.59. The molecular weight excluding hydrogens is 302 g/mol. The molecule has 2 heterocycles. The van der Waals surface area contributed by atoms with Crippen molar-refractivity contribution in [2.24, 2.45) is 7.05 Å². The standard InChI is InChI=1S/C18H21N5O/c1-18(2,24)11-16-20-12-15(23(16)3)14-9-10-19-17(22-14)21-13-7-5-4-6-8-13/h4-10,12,24H,11H2,1-3H3,(H,19,21,22). The lowest BCUT2D eigenvalue weighted by Gasteiger charge is -2.16. The normalized spacial score (nSPS) is 11.5. The summed E-state index contributed by atoms with van der Waals surface area (Å²) in [5.41, 5.74) is 1.79. The van der Waals surface area contributed by atoms with Crippen LogP contribution in [-0.2, 0) is 13.5 Å². The van der Waals surface area contributed by atoms with Crippen molar-refractivity contribution in [2.75, 3.05) is 5.32 Å². The molecule has 6 heteroatoms. The zero-order chi connectivity index (χ0) is 17.2. The molecule has 0 bridgehead atoms. The van der Waals surface area contributed by atoms with Crippen LogP contribution in [0.3, 0.4) is 0 Å². The number of rotatable bonds is 5. The molecule has 124 valence electrons. The maximum Gasteiger partial charge on any atom is 0.227 e. The molecule has 0 saturated carbocycles.